The summed E-state index contributed by atoms with van der Waals surface area (Å²) in [7, 11) is 0. The molecule has 2 heterocycles. The van der Waals surface area contributed by atoms with E-state index in [0.29, 0.717) is 25.2 Å². The molecule has 0 amide bonds. The Balaban J connectivity index is 1.31. The lowest BCUT2D eigenvalue weighted by atomic mass is 9.46. The van der Waals surface area contributed by atoms with Crippen LogP contribution < -0.4 is 0 Å². The van der Waals surface area contributed by atoms with Crippen molar-refractivity contribution in [1.29, 1.82) is 0 Å². The van der Waals surface area contributed by atoms with Crippen molar-refractivity contribution in [3.8, 4) is 0 Å². The van der Waals surface area contributed by atoms with Gasteiger partial charge in [-0.15, -0.1) is 0 Å². The minimum atomic E-state index is -1.59. The van der Waals surface area contributed by atoms with Crippen molar-refractivity contribution < 1.29 is 70.0 Å². The highest BCUT2D eigenvalue weighted by Crippen LogP contribution is 2.68. The molecular formula is C39H66O14. The van der Waals surface area contributed by atoms with Gasteiger partial charge in [-0.25, -0.2) is 0 Å². The minimum absolute atomic E-state index is 0.0794. The second-order valence-corrected chi connectivity index (χ2v) is 18.1. The van der Waals surface area contributed by atoms with Gasteiger partial charge >= 0.3 is 0 Å². The summed E-state index contributed by atoms with van der Waals surface area (Å²) in [5.41, 5.74) is 0.176. The van der Waals surface area contributed by atoms with E-state index < -0.39 is 104 Å². The van der Waals surface area contributed by atoms with Gasteiger partial charge in [0, 0.05) is 11.8 Å². The number of allylic oxidation sites excluding steroid dienone is 1. The Labute approximate surface area is 312 Å². The van der Waals surface area contributed by atoms with E-state index in [9.17, 15) is 51.1 Å². The molecule has 5 fully saturated rings. The van der Waals surface area contributed by atoms with Gasteiger partial charge in [0.25, 0.3) is 0 Å². The highest BCUT2D eigenvalue weighted by molar-refractivity contribution is 5.28. The van der Waals surface area contributed by atoms with Crippen LogP contribution >= 0.6 is 0 Å². The zero-order valence-corrected chi connectivity index (χ0v) is 31.8. The van der Waals surface area contributed by atoms with Gasteiger partial charge in [0.15, 0.2) is 12.6 Å². The van der Waals surface area contributed by atoms with E-state index in [1.54, 1.807) is 0 Å². The Morgan fingerprint density at radius 1 is 0.774 bits per heavy atom. The molecule has 3 saturated carbocycles. The van der Waals surface area contributed by atoms with E-state index in [1.165, 1.54) is 0 Å². The van der Waals surface area contributed by atoms with Crippen molar-refractivity contribution in [2.24, 2.45) is 46.3 Å². The van der Waals surface area contributed by atoms with Crippen LogP contribution in [0.15, 0.2) is 11.6 Å². The molecule has 6 aliphatic rings. The molecule has 4 aliphatic carbocycles. The molecule has 21 atom stereocenters. The van der Waals surface area contributed by atoms with Gasteiger partial charge in [-0.1, -0.05) is 46.3 Å². The van der Waals surface area contributed by atoms with Crippen molar-refractivity contribution in [3.63, 3.8) is 0 Å². The summed E-state index contributed by atoms with van der Waals surface area (Å²) in [4.78, 5) is 0. The molecule has 6 rings (SSSR count). The van der Waals surface area contributed by atoms with Crippen LogP contribution in [0, 0.1) is 46.3 Å². The van der Waals surface area contributed by atoms with E-state index in [0.717, 1.165) is 31.3 Å². The first-order chi connectivity index (χ1) is 25.0. The lowest BCUT2D eigenvalue weighted by Crippen LogP contribution is -2.62. The molecule has 0 spiro atoms. The Morgan fingerprint density at radius 2 is 1.36 bits per heavy atom. The molecule has 10 N–H and O–H groups in total. The number of hydrogen-bond donors (Lipinski definition) is 10. The summed E-state index contributed by atoms with van der Waals surface area (Å²) < 4.78 is 24.8. The van der Waals surface area contributed by atoms with E-state index >= 15 is 0 Å². The summed E-state index contributed by atoms with van der Waals surface area (Å²) in [6.07, 6.45) is -9.27. The van der Waals surface area contributed by atoms with E-state index in [2.05, 4.69) is 40.7 Å². The van der Waals surface area contributed by atoms with Crippen molar-refractivity contribution in [2.45, 2.75) is 172 Å². The largest absolute Gasteiger partial charge is 0.394 e. The van der Waals surface area contributed by atoms with Crippen molar-refractivity contribution >= 4 is 0 Å². The maximum atomic E-state index is 11.6. The summed E-state index contributed by atoms with van der Waals surface area (Å²) in [6, 6.07) is 0. The second kappa shape index (κ2) is 16.2. The molecule has 0 aromatic carbocycles. The zero-order valence-electron chi connectivity index (χ0n) is 31.8. The van der Waals surface area contributed by atoms with Gasteiger partial charge in [-0.05, 0) is 85.9 Å². The van der Waals surface area contributed by atoms with Gasteiger partial charge in [-0.2, -0.15) is 0 Å². The first-order valence-electron chi connectivity index (χ1n) is 19.9. The molecule has 14 nitrogen and oxygen atoms in total. The molecule has 0 aromatic rings. The number of hydrogen-bond acceptors (Lipinski definition) is 14. The van der Waals surface area contributed by atoms with Gasteiger partial charge in [0.2, 0.25) is 0 Å². The molecule has 2 aliphatic heterocycles. The first kappa shape index (κ1) is 41.8. The maximum absolute atomic E-state index is 11.6. The zero-order chi connectivity index (χ0) is 38.7. The van der Waals surface area contributed by atoms with Crippen LogP contribution in [0.4, 0.5) is 0 Å². The Hall–Kier alpha value is -0.820. The quantitative estimate of drug-likeness (QED) is 0.124. The van der Waals surface area contributed by atoms with Crippen LogP contribution in [-0.2, 0) is 18.9 Å². The van der Waals surface area contributed by atoms with Crippen LogP contribution in [0.3, 0.4) is 0 Å². The lowest BCUT2D eigenvalue weighted by molar-refractivity contribution is -0.324. The number of aliphatic hydroxyl groups is 10. The summed E-state index contributed by atoms with van der Waals surface area (Å²) in [6.45, 7) is 9.58. The van der Waals surface area contributed by atoms with Gasteiger partial charge in [-0.3, -0.25) is 0 Å². The van der Waals surface area contributed by atoms with Crippen LogP contribution in [0.5, 0.6) is 0 Å². The Bertz CT molecular complexity index is 1260. The maximum Gasteiger partial charge on any atom is 0.187 e. The van der Waals surface area contributed by atoms with Crippen LogP contribution in [0.2, 0.25) is 0 Å². The molecule has 0 unspecified atom stereocenters. The lowest BCUT2D eigenvalue weighted by Gasteiger charge is -2.60. The van der Waals surface area contributed by atoms with Crippen molar-refractivity contribution in [3.05, 3.63) is 11.6 Å². The molecule has 14 heteroatoms. The summed E-state index contributed by atoms with van der Waals surface area (Å²) >= 11 is 0. The highest BCUT2D eigenvalue weighted by Gasteiger charge is 2.65. The predicted molar refractivity (Wildman–Crippen MR) is 188 cm³/mol. The Kier molecular flexibility index (Phi) is 12.8. The normalized spacial score (nSPS) is 51.2. The first-order valence-corrected chi connectivity index (χ1v) is 19.9. The summed E-state index contributed by atoms with van der Waals surface area (Å²) in [5, 5.41) is 106. The Morgan fingerprint density at radius 3 is 1.92 bits per heavy atom. The number of rotatable bonds is 11. The molecule has 0 bridgehead atoms. The topological polar surface area (TPSA) is 239 Å². The number of aliphatic hydroxyl groups excluding tert-OH is 10. The molecule has 0 radical (unpaired) electrons. The third-order valence-corrected chi connectivity index (χ3v) is 14.7. The number of fused-ring (bicyclic) bond motifs is 5. The predicted octanol–water partition coefficient (Wildman–Crippen LogP) is -0.0505. The van der Waals surface area contributed by atoms with Crippen molar-refractivity contribution in [1.82, 2.24) is 0 Å². The fourth-order valence-electron chi connectivity index (χ4n) is 11.7. The van der Waals surface area contributed by atoms with Gasteiger partial charge in [0.1, 0.15) is 48.8 Å². The SMILES string of the molecule is CC(C)CC[C@H](O)[C@@H](C)[C@@H]1[C@H](O[C@@H]2O[C@H](CO)[C@@H](O)[C@H](O)[C@@H]2O)C[C@@H]2[C@@H]3CC=C4C[C@@H](O)C[C@H](O[C@@H]5O[C@H](CO)[C@@H](O)[C@H](O)[C@@H]5O)[C@]4(C)[C@@H]3CC[C@@]12C. The average molecular weight is 759 g/mol. The van der Waals surface area contributed by atoms with Gasteiger partial charge in [0.05, 0.1) is 37.6 Å². The average Bonchev–Trinajstić information content (AvgIpc) is 3.42. The summed E-state index contributed by atoms with van der Waals surface area (Å²) in [5.74, 6) is 0.371. The molecule has 0 aromatic heterocycles. The van der Waals surface area contributed by atoms with Gasteiger partial charge < -0.3 is 70.0 Å². The molecule has 2 saturated heterocycles. The van der Waals surface area contributed by atoms with E-state index in [1.807, 2.05) is 0 Å². The fraction of sp³-hybridized carbons (Fsp3) is 0.949. The van der Waals surface area contributed by atoms with Crippen molar-refractivity contribution in [2.75, 3.05) is 13.2 Å². The molecular weight excluding hydrogens is 692 g/mol. The van der Waals surface area contributed by atoms with Crippen LogP contribution in [0.1, 0.15) is 86.0 Å². The third-order valence-electron chi connectivity index (χ3n) is 14.7. The smallest absolute Gasteiger partial charge is 0.187 e. The highest BCUT2D eigenvalue weighted by atomic mass is 16.7. The third kappa shape index (κ3) is 7.42. The second-order valence-electron chi connectivity index (χ2n) is 18.1. The monoisotopic (exact) mass is 758 g/mol. The molecule has 306 valence electrons. The number of ether oxygens (including phenoxy) is 4. The minimum Gasteiger partial charge on any atom is -0.394 e. The molecule has 53 heavy (non-hydrogen) atoms. The van der Waals surface area contributed by atoms with Crippen LogP contribution in [-0.4, -0.2) is 150 Å². The van der Waals surface area contributed by atoms with E-state index in [-0.39, 0.29) is 41.4 Å². The fourth-order valence-corrected chi connectivity index (χ4v) is 11.7. The standard InChI is InChI=1S/C39H66O14/c1-17(2)6-9-24(43)18(3)29-25(50-36-34(48)32(46)30(44)26(15-40)51-36)14-23-21-8-7-19-12-20(42)13-28(39(19,5)22(21)10-11-38(23,29)4)53-37-35(49)33(47)31(45)27(16-41)52-37/h7,17-18,20-37,40-49H,6,8-16H2,1-5H3/t18-,20-,21-,22-,23-,24+,25-,26-,27-,28+,29-,30-,31-,32+,33+,34+,35+,36-,37+,38-,39+/m1/s1. The van der Waals surface area contributed by atoms with Crippen LogP contribution in [0.25, 0.3) is 0 Å². The van der Waals surface area contributed by atoms with E-state index in [4.69, 9.17) is 18.9 Å².